The van der Waals surface area contributed by atoms with Crippen molar-refractivity contribution in [3.63, 3.8) is 0 Å². The number of rotatable bonds is 1. The Kier molecular flexibility index (Phi) is 2.21. The summed E-state index contributed by atoms with van der Waals surface area (Å²) in [6.07, 6.45) is 10.4. The number of hydrogen-bond donors (Lipinski definition) is 0. The molecule has 1 aromatic rings. The van der Waals surface area contributed by atoms with E-state index in [0.717, 1.165) is 11.7 Å². The molecule has 0 spiro atoms. The highest BCUT2D eigenvalue weighted by Crippen LogP contribution is 2.23. The number of fused-ring (bicyclic) bond motifs is 1. The van der Waals surface area contributed by atoms with Crippen molar-refractivity contribution in [1.82, 2.24) is 4.90 Å². The van der Waals surface area contributed by atoms with Crippen molar-refractivity contribution in [2.24, 2.45) is 12.1 Å². The Balaban J connectivity index is 2.01. The van der Waals surface area contributed by atoms with Crippen LogP contribution in [0.2, 0.25) is 0 Å². The van der Waals surface area contributed by atoms with E-state index in [2.05, 4.69) is 33.8 Å². The van der Waals surface area contributed by atoms with Gasteiger partial charge in [0.25, 0.3) is 0 Å². The van der Waals surface area contributed by atoms with Crippen LogP contribution in [0.15, 0.2) is 53.9 Å². The van der Waals surface area contributed by atoms with Gasteiger partial charge in [-0.3, -0.25) is 4.90 Å². The van der Waals surface area contributed by atoms with Gasteiger partial charge in [-0.15, -0.1) is 5.01 Å². The second kappa shape index (κ2) is 3.73. The lowest BCUT2D eigenvalue weighted by molar-refractivity contribution is -0.659. The van der Waals surface area contributed by atoms with Gasteiger partial charge in [-0.05, 0) is 25.1 Å². The van der Waals surface area contributed by atoms with Crippen LogP contribution in [0, 0.1) is 0 Å². The zero-order valence-corrected chi connectivity index (χ0v) is 9.99. The van der Waals surface area contributed by atoms with Crippen LogP contribution >= 0.6 is 0 Å². The summed E-state index contributed by atoms with van der Waals surface area (Å²) >= 11 is 0. The van der Waals surface area contributed by atoms with Crippen molar-refractivity contribution in [3.05, 3.63) is 48.8 Å². The number of amidine groups is 1. The van der Waals surface area contributed by atoms with Gasteiger partial charge in [0.05, 0.1) is 13.2 Å². The highest BCUT2D eigenvalue weighted by Gasteiger charge is 2.37. The molecule has 0 fully saturated rings. The van der Waals surface area contributed by atoms with Gasteiger partial charge in [0.1, 0.15) is 0 Å². The Morgan fingerprint density at radius 1 is 1.29 bits per heavy atom. The van der Waals surface area contributed by atoms with Gasteiger partial charge in [-0.2, -0.15) is 0 Å². The zero-order chi connectivity index (χ0) is 11.8. The average Bonchev–Trinajstić information content (AvgIpc) is 2.68. The molecule has 1 atom stereocenters. The summed E-state index contributed by atoms with van der Waals surface area (Å²) in [5, 5.41) is 6.68. The summed E-state index contributed by atoms with van der Waals surface area (Å²) in [6.45, 7) is 2.15. The second-order valence-electron chi connectivity index (χ2n) is 4.21. The summed E-state index contributed by atoms with van der Waals surface area (Å²) in [6, 6.07) is 6.13. The van der Waals surface area contributed by atoms with Gasteiger partial charge in [-0.1, -0.05) is 17.2 Å². The molecule has 0 radical (unpaired) electrons. The van der Waals surface area contributed by atoms with Crippen molar-refractivity contribution in [2.75, 3.05) is 5.01 Å². The summed E-state index contributed by atoms with van der Waals surface area (Å²) in [4.78, 5) is 2.16. The largest absolute Gasteiger partial charge is 0.303 e. The van der Waals surface area contributed by atoms with E-state index in [1.807, 2.05) is 48.6 Å². The highest BCUT2D eigenvalue weighted by molar-refractivity contribution is 5.97. The summed E-state index contributed by atoms with van der Waals surface area (Å²) < 4.78 is 2.08. The Morgan fingerprint density at radius 2 is 2.18 bits per heavy atom. The number of pyridine rings is 1. The SMILES string of the molecule is C[C@H]1N2C=CC=CC2=NN1c1cccc[n+]1C. The summed E-state index contributed by atoms with van der Waals surface area (Å²) in [7, 11) is 2.03. The fourth-order valence-corrected chi connectivity index (χ4v) is 2.15. The van der Waals surface area contributed by atoms with Crippen molar-refractivity contribution >= 4 is 11.7 Å². The molecule has 2 aliphatic heterocycles. The third-order valence-corrected chi connectivity index (χ3v) is 3.10. The molecule has 0 unspecified atom stereocenters. The Labute approximate surface area is 101 Å². The van der Waals surface area contributed by atoms with Gasteiger partial charge in [0.15, 0.2) is 12.0 Å². The number of anilines is 1. The maximum Gasteiger partial charge on any atom is 0.303 e. The molecule has 0 bridgehead atoms. The molecule has 4 nitrogen and oxygen atoms in total. The average molecular weight is 227 g/mol. The maximum atomic E-state index is 4.64. The number of hydrazone groups is 1. The van der Waals surface area contributed by atoms with E-state index in [1.54, 1.807) is 0 Å². The Hall–Kier alpha value is -2.10. The number of allylic oxidation sites excluding steroid dienone is 2. The van der Waals surface area contributed by atoms with Crippen molar-refractivity contribution in [1.29, 1.82) is 0 Å². The topological polar surface area (TPSA) is 22.7 Å². The molecule has 0 aromatic carbocycles. The van der Waals surface area contributed by atoms with Crippen LogP contribution in [0.25, 0.3) is 0 Å². The first kappa shape index (κ1) is 10.1. The molecule has 17 heavy (non-hydrogen) atoms. The monoisotopic (exact) mass is 227 g/mol. The predicted molar refractivity (Wildman–Crippen MR) is 67.1 cm³/mol. The Morgan fingerprint density at radius 3 is 2.94 bits per heavy atom. The van der Waals surface area contributed by atoms with E-state index in [9.17, 15) is 0 Å². The first-order chi connectivity index (χ1) is 8.27. The van der Waals surface area contributed by atoms with Crippen LogP contribution in [0.5, 0.6) is 0 Å². The first-order valence-corrected chi connectivity index (χ1v) is 5.73. The van der Waals surface area contributed by atoms with Crippen LogP contribution in [-0.2, 0) is 7.05 Å². The normalized spacial score (nSPS) is 21.8. The van der Waals surface area contributed by atoms with E-state index in [4.69, 9.17) is 0 Å². The van der Waals surface area contributed by atoms with E-state index in [1.165, 1.54) is 0 Å². The molecule has 2 aliphatic rings. The highest BCUT2D eigenvalue weighted by atomic mass is 15.6. The minimum atomic E-state index is 0.208. The summed E-state index contributed by atoms with van der Waals surface area (Å²) in [5.74, 6) is 2.08. The lowest BCUT2D eigenvalue weighted by atomic mass is 10.3. The number of aromatic nitrogens is 1. The van der Waals surface area contributed by atoms with Gasteiger partial charge in [-0.25, -0.2) is 4.57 Å². The van der Waals surface area contributed by atoms with Crippen LogP contribution < -0.4 is 9.58 Å². The van der Waals surface area contributed by atoms with Gasteiger partial charge < -0.3 is 0 Å². The van der Waals surface area contributed by atoms with Crippen LogP contribution in [0.1, 0.15) is 6.92 Å². The van der Waals surface area contributed by atoms with E-state index in [0.29, 0.717) is 0 Å². The number of hydrogen-bond acceptors (Lipinski definition) is 3. The van der Waals surface area contributed by atoms with Gasteiger partial charge >= 0.3 is 5.82 Å². The molecule has 0 N–H and O–H groups in total. The van der Waals surface area contributed by atoms with Gasteiger partial charge in [0.2, 0.25) is 0 Å². The molecule has 86 valence electrons. The fraction of sp³-hybridized carbons (Fsp3) is 0.231. The van der Waals surface area contributed by atoms with E-state index >= 15 is 0 Å². The lowest BCUT2D eigenvalue weighted by Gasteiger charge is -2.21. The smallest absolute Gasteiger partial charge is 0.288 e. The molecule has 1 aromatic heterocycles. The minimum Gasteiger partial charge on any atom is -0.288 e. The number of aryl methyl sites for hydroxylation is 1. The fourth-order valence-electron chi connectivity index (χ4n) is 2.15. The molecule has 0 saturated carbocycles. The van der Waals surface area contributed by atoms with Crippen molar-refractivity contribution in [3.8, 4) is 0 Å². The molecule has 4 heteroatoms. The quantitative estimate of drug-likeness (QED) is 0.676. The Bertz CT molecular complexity index is 530. The standard InChI is InChI=1S/C13H15N4/c1-11-16-10-6-3-7-12(16)14-17(11)13-8-4-5-9-15(13)2/h3-11H,1-2H3/q+1/t11-/m0/s1. The third-order valence-electron chi connectivity index (χ3n) is 3.10. The molecule has 3 rings (SSSR count). The van der Waals surface area contributed by atoms with Crippen LogP contribution in [0.4, 0.5) is 5.82 Å². The second-order valence-corrected chi connectivity index (χ2v) is 4.21. The summed E-state index contributed by atoms with van der Waals surface area (Å²) in [5.41, 5.74) is 0. The molecular formula is C13H15N4+. The van der Waals surface area contributed by atoms with Crippen molar-refractivity contribution < 1.29 is 4.57 Å². The number of nitrogens with zero attached hydrogens (tertiary/aromatic N) is 4. The lowest BCUT2D eigenvalue weighted by Crippen LogP contribution is -2.42. The molecule has 0 aliphatic carbocycles. The third kappa shape index (κ3) is 1.53. The van der Waals surface area contributed by atoms with Crippen LogP contribution in [-0.4, -0.2) is 16.9 Å². The predicted octanol–water partition coefficient (Wildman–Crippen LogP) is 1.38. The minimum absolute atomic E-state index is 0.208. The van der Waals surface area contributed by atoms with E-state index < -0.39 is 0 Å². The van der Waals surface area contributed by atoms with E-state index in [-0.39, 0.29) is 6.17 Å². The molecule has 3 heterocycles. The molecule has 0 saturated heterocycles. The molecular weight excluding hydrogens is 212 g/mol. The maximum absolute atomic E-state index is 4.64. The van der Waals surface area contributed by atoms with Crippen molar-refractivity contribution in [2.45, 2.75) is 13.1 Å². The zero-order valence-electron chi connectivity index (χ0n) is 9.99. The van der Waals surface area contributed by atoms with Crippen LogP contribution in [0.3, 0.4) is 0 Å². The molecule has 0 amide bonds. The van der Waals surface area contributed by atoms with Gasteiger partial charge in [0, 0.05) is 12.3 Å². The first-order valence-electron chi connectivity index (χ1n) is 5.73.